The highest BCUT2D eigenvalue weighted by atomic mass is 19.1. The quantitative estimate of drug-likeness (QED) is 0.474. The normalized spacial score (nSPS) is 10.7. The zero-order valence-electron chi connectivity index (χ0n) is 15.8. The van der Waals surface area contributed by atoms with E-state index >= 15 is 0 Å². The third-order valence-electron chi connectivity index (χ3n) is 4.28. The maximum absolute atomic E-state index is 14.2. The molecule has 0 aliphatic carbocycles. The van der Waals surface area contributed by atoms with Crippen molar-refractivity contribution in [3.8, 4) is 17.5 Å². The van der Waals surface area contributed by atoms with Gasteiger partial charge in [0.25, 0.3) is 0 Å². The van der Waals surface area contributed by atoms with E-state index in [4.69, 9.17) is 14.2 Å². The number of aryl methyl sites for hydroxylation is 1. The molecule has 3 rings (SSSR count). The lowest BCUT2D eigenvalue weighted by atomic mass is 10.1. The Balaban J connectivity index is 2.17. The summed E-state index contributed by atoms with van der Waals surface area (Å²) in [5.41, 5.74) is 2.28. The van der Waals surface area contributed by atoms with Crippen molar-refractivity contribution in [1.29, 1.82) is 5.26 Å². The first-order chi connectivity index (χ1) is 13.5. The van der Waals surface area contributed by atoms with Gasteiger partial charge in [-0.25, -0.2) is 9.18 Å². The molecule has 0 amide bonds. The summed E-state index contributed by atoms with van der Waals surface area (Å²) in [5, 5.41) is 10.1. The molecule has 0 aliphatic heterocycles. The molecule has 0 saturated carbocycles. The van der Waals surface area contributed by atoms with Crippen LogP contribution in [0.4, 0.5) is 4.39 Å². The van der Waals surface area contributed by atoms with Crippen molar-refractivity contribution in [1.82, 2.24) is 4.57 Å². The average molecular weight is 382 g/mol. The first-order valence-electron chi connectivity index (χ1n) is 8.64. The monoisotopic (exact) mass is 382 g/mol. The summed E-state index contributed by atoms with van der Waals surface area (Å²) in [4.78, 5) is 12.2. The van der Waals surface area contributed by atoms with E-state index in [0.29, 0.717) is 27.7 Å². The number of fused-ring (bicyclic) bond motifs is 1. The fraction of sp³-hybridized carbons (Fsp3) is 0.238. The molecule has 0 saturated heterocycles. The van der Waals surface area contributed by atoms with Gasteiger partial charge in [0.1, 0.15) is 23.2 Å². The third-order valence-corrected chi connectivity index (χ3v) is 4.28. The van der Waals surface area contributed by atoms with Crippen LogP contribution in [0.3, 0.4) is 0 Å². The van der Waals surface area contributed by atoms with Crippen LogP contribution in [0, 0.1) is 24.1 Å². The predicted molar refractivity (Wildman–Crippen MR) is 101 cm³/mol. The lowest BCUT2D eigenvalue weighted by Gasteiger charge is -2.13. The first kappa shape index (κ1) is 19.4. The molecule has 28 heavy (non-hydrogen) atoms. The minimum atomic E-state index is -0.517. The minimum absolute atomic E-state index is 0.0560. The van der Waals surface area contributed by atoms with Gasteiger partial charge in [0.2, 0.25) is 0 Å². The molecule has 0 fully saturated rings. The van der Waals surface area contributed by atoms with E-state index in [1.165, 1.54) is 13.2 Å². The second-order valence-electron chi connectivity index (χ2n) is 6.09. The molecule has 0 aliphatic rings. The lowest BCUT2D eigenvalue weighted by Crippen LogP contribution is -2.10. The summed E-state index contributed by atoms with van der Waals surface area (Å²) in [7, 11) is 1.47. The third kappa shape index (κ3) is 3.55. The molecule has 3 aromatic rings. The van der Waals surface area contributed by atoms with Crippen LogP contribution >= 0.6 is 0 Å². The van der Waals surface area contributed by atoms with Gasteiger partial charge in [-0.15, -0.1) is 0 Å². The average Bonchev–Trinajstić information content (AvgIpc) is 3.04. The number of carbonyl (C=O) groups excluding carboxylic acids is 1. The van der Waals surface area contributed by atoms with Crippen molar-refractivity contribution in [3.05, 3.63) is 59.0 Å². The number of carbonyl (C=O) groups is 1. The Morgan fingerprint density at radius 2 is 2.07 bits per heavy atom. The van der Waals surface area contributed by atoms with Crippen LogP contribution in [-0.4, -0.2) is 31.0 Å². The Morgan fingerprint density at radius 1 is 1.29 bits per heavy atom. The van der Waals surface area contributed by atoms with E-state index in [0.717, 1.165) is 0 Å². The van der Waals surface area contributed by atoms with Gasteiger partial charge in [0, 0.05) is 30.4 Å². The van der Waals surface area contributed by atoms with Gasteiger partial charge in [-0.1, -0.05) is 0 Å². The smallest absolute Gasteiger partial charge is 0.341 e. The number of methoxy groups -OCH3 is 1. The number of nitriles is 1. The Labute approximate surface area is 161 Å². The Hall–Kier alpha value is -3.37. The van der Waals surface area contributed by atoms with Crippen molar-refractivity contribution in [2.24, 2.45) is 0 Å². The van der Waals surface area contributed by atoms with Crippen LogP contribution in [0.15, 0.2) is 36.5 Å². The number of benzene rings is 2. The topological polar surface area (TPSA) is 73.5 Å². The van der Waals surface area contributed by atoms with Crippen molar-refractivity contribution in [2.45, 2.75) is 13.8 Å². The highest BCUT2D eigenvalue weighted by molar-refractivity contribution is 5.93. The fourth-order valence-corrected chi connectivity index (χ4v) is 2.94. The summed E-state index contributed by atoms with van der Waals surface area (Å²) in [5.74, 6) is -0.613. The van der Waals surface area contributed by atoms with E-state index in [2.05, 4.69) is 6.07 Å². The number of hydrogen-bond donors (Lipinski definition) is 0. The second kappa shape index (κ2) is 8.11. The van der Waals surface area contributed by atoms with Gasteiger partial charge in [-0.3, -0.25) is 0 Å². The van der Waals surface area contributed by atoms with E-state index < -0.39 is 5.97 Å². The molecule has 0 atom stereocenters. The van der Waals surface area contributed by atoms with Crippen LogP contribution in [0.25, 0.3) is 16.6 Å². The summed E-state index contributed by atoms with van der Waals surface area (Å²) in [6.07, 6.45) is 1.63. The first-order valence-corrected chi connectivity index (χ1v) is 8.64. The highest BCUT2D eigenvalue weighted by Crippen LogP contribution is 2.30. The molecule has 0 spiro atoms. The zero-order chi connectivity index (χ0) is 20.3. The molecule has 7 heteroatoms. The molecule has 6 nitrogen and oxygen atoms in total. The van der Waals surface area contributed by atoms with E-state index in [1.807, 2.05) is 0 Å². The summed E-state index contributed by atoms with van der Waals surface area (Å²) in [6.45, 7) is 3.54. The number of hydrogen-bond acceptors (Lipinski definition) is 5. The number of halogens is 1. The molecule has 144 valence electrons. The van der Waals surface area contributed by atoms with Crippen molar-refractivity contribution in [2.75, 3.05) is 20.5 Å². The molecule has 0 bridgehead atoms. The summed E-state index contributed by atoms with van der Waals surface area (Å²) in [6, 6.07) is 10.1. The highest BCUT2D eigenvalue weighted by Gasteiger charge is 2.18. The molecule has 2 aromatic carbocycles. The van der Waals surface area contributed by atoms with E-state index in [9.17, 15) is 14.4 Å². The van der Waals surface area contributed by atoms with E-state index in [-0.39, 0.29) is 30.5 Å². The number of nitrogens with zero attached hydrogens (tertiary/aromatic N) is 2. The molecule has 0 unspecified atom stereocenters. The summed E-state index contributed by atoms with van der Waals surface area (Å²) >= 11 is 0. The van der Waals surface area contributed by atoms with Crippen molar-refractivity contribution in [3.63, 3.8) is 0 Å². The fourth-order valence-electron chi connectivity index (χ4n) is 2.94. The summed E-state index contributed by atoms with van der Waals surface area (Å²) < 4.78 is 31.4. The van der Waals surface area contributed by atoms with Crippen LogP contribution in [0.2, 0.25) is 0 Å². The van der Waals surface area contributed by atoms with Crippen LogP contribution in [0.1, 0.15) is 28.4 Å². The van der Waals surface area contributed by atoms with Crippen LogP contribution < -0.4 is 4.74 Å². The molecule has 0 N–H and O–H groups in total. The Morgan fingerprint density at radius 3 is 2.75 bits per heavy atom. The van der Waals surface area contributed by atoms with Crippen molar-refractivity contribution >= 4 is 16.9 Å². The molecule has 1 heterocycles. The van der Waals surface area contributed by atoms with Crippen molar-refractivity contribution < 1.29 is 23.4 Å². The van der Waals surface area contributed by atoms with Gasteiger partial charge in [-0.05, 0) is 43.7 Å². The number of esters is 1. The van der Waals surface area contributed by atoms with Crippen LogP contribution in [0.5, 0.6) is 5.75 Å². The Bertz CT molecular complexity index is 1080. The largest absolute Gasteiger partial charge is 0.467 e. The number of ether oxygens (including phenoxy) is 3. The van der Waals surface area contributed by atoms with Gasteiger partial charge in [0.15, 0.2) is 6.79 Å². The molecule has 1 aromatic heterocycles. The maximum atomic E-state index is 14.2. The van der Waals surface area contributed by atoms with Crippen LogP contribution in [-0.2, 0) is 9.47 Å². The standard InChI is InChI=1S/C21H19FN2O4/c1-4-27-21(25)16-6-5-15(8-20(16)28-12-26-3)24-11-14(10-23)17-7-13(2)18(22)9-19(17)24/h5-9,11H,4,12H2,1-3H3. The van der Waals surface area contributed by atoms with Gasteiger partial charge >= 0.3 is 5.97 Å². The van der Waals surface area contributed by atoms with Gasteiger partial charge in [0.05, 0.1) is 17.7 Å². The number of aromatic nitrogens is 1. The molecule has 0 radical (unpaired) electrons. The Kier molecular flexibility index (Phi) is 5.62. The molecular formula is C21H19FN2O4. The lowest BCUT2D eigenvalue weighted by molar-refractivity contribution is 0.0438. The number of rotatable bonds is 6. The minimum Gasteiger partial charge on any atom is -0.467 e. The predicted octanol–water partition coefficient (Wildman–Crippen LogP) is 4.11. The second-order valence-corrected chi connectivity index (χ2v) is 6.09. The van der Waals surface area contributed by atoms with Gasteiger partial charge in [-0.2, -0.15) is 5.26 Å². The van der Waals surface area contributed by atoms with E-state index in [1.54, 1.807) is 48.9 Å². The zero-order valence-corrected chi connectivity index (χ0v) is 15.8. The SMILES string of the molecule is CCOC(=O)c1ccc(-n2cc(C#N)c3cc(C)c(F)cc32)cc1OCOC. The van der Waals surface area contributed by atoms with Gasteiger partial charge < -0.3 is 18.8 Å². The maximum Gasteiger partial charge on any atom is 0.341 e. The molecular weight excluding hydrogens is 363 g/mol.